The van der Waals surface area contributed by atoms with Gasteiger partial charge in [0.05, 0.1) is 0 Å². The lowest BCUT2D eigenvalue weighted by molar-refractivity contribution is -0.304. The Bertz CT molecular complexity index is 994. The topological polar surface area (TPSA) is 9.23 Å². The number of aryl methyl sites for hydroxylation is 1. The molecule has 0 aliphatic heterocycles. The summed E-state index contributed by atoms with van der Waals surface area (Å²) in [6, 6.07) is 20.6. The van der Waals surface area contributed by atoms with Crippen LogP contribution >= 0.6 is 0 Å². The fourth-order valence-corrected chi connectivity index (χ4v) is 3.23. The molecule has 1 unspecified atom stereocenters. The maximum absolute atomic E-state index is 13.5. The Morgan fingerprint density at radius 3 is 1.68 bits per heavy atom. The molecule has 3 rings (SSSR count). The van der Waals surface area contributed by atoms with E-state index in [9.17, 15) is 26.3 Å². The average Bonchev–Trinajstić information content (AvgIpc) is 2.74. The minimum absolute atomic E-state index is 0.568. The third kappa shape index (κ3) is 5.40. The molecular formula is C24H20F6O. The second-order valence-electron chi connectivity index (χ2n) is 7.08. The summed E-state index contributed by atoms with van der Waals surface area (Å²) in [5, 5.41) is 0. The van der Waals surface area contributed by atoms with Crippen LogP contribution in [0.25, 0.3) is 22.3 Å². The van der Waals surface area contributed by atoms with E-state index in [1.54, 1.807) is 0 Å². The highest BCUT2D eigenvalue weighted by Gasteiger charge is 2.59. The highest BCUT2D eigenvalue weighted by atomic mass is 19.4. The molecule has 0 fully saturated rings. The number of benzene rings is 3. The van der Waals surface area contributed by atoms with Crippen LogP contribution in [-0.4, -0.2) is 18.5 Å². The van der Waals surface area contributed by atoms with Crippen LogP contribution in [0, 0.1) is 0 Å². The standard InChI is InChI=1S/C24H20F6O/c1-2-5-16-8-10-17(11-9-16)20-6-3-4-7-21(20)18-12-14-19(15-13-18)31-24(29,30)22(25)23(26,27)28/h3-4,6-15,22H,2,5H2,1H3. The number of halogens is 6. The van der Waals surface area contributed by atoms with Gasteiger partial charge in [0.25, 0.3) is 6.17 Å². The third-order valence-electron chi connectivity index (χ3n) is 4.73. The van der Waals surface area contributed by atoms with Gasteiger partial charge in [-0.2, -0.15) is 22.0 Å². The van der Waals surface area contributed by atoms with E-state index in [0.717, 1.165) is 41.7 Å². The highest BCUT2D eigenvalue weighted by molar-refractivity contribution is 5.83. The Hall–Kier alpha value is -2.96. The van der Waals surface area contributed by atoms with Crippen molar-refractivity contribution in [1.29, 1.82) is 0 Å². The second-order valence-corrected chi connectivity index (χ2v) is 7.08. The number of ether oxygens (including phenoxy) is 1. The summed E-state index contributed by atoms with van der Waals surface area (Å²) >= 11 is 0. The van der Waals surface area contributed by atoms with Gasteiger partial charge < -0.3 is 4.74 Å². The summed E-state index contributed by atoms with van der Waals surface area (Å²) in [4.78, 5) is 0. The lowest BCUT2D eigenvalue weighted by Crippen LogP contribution is -2.45. The van der Waals surface area contributed by atoms with Crippen LogP contribution in [0.3, 0.4) is 0 Å². The average molecular weight is 438 g/mol. The Morgan fingerprint density at radius 2 is 1.23 bits per heavy atom. The van der Waals surface area contributed by atoms with E-state index in [1.165, 1.54) is 17.7 Å². The first kappa shape index (κ1) is 22.7. The summed E-state index contributed by atoms with van der Waals surface area (Å²) in [5.41, 5.74) is 4.55. The number of hydrogen-bond donors (Lipinski definition) is 0. The summed E-state index contributed by atoms with van der Waals surface area (Å²) in [7, 11) is 0. The largest absolute Gasteiger partial charge is 0.439 e. The zero-order valence-corrected chi connectivity index (χ0v) is 16.6. The Kier molecular flexibility index (Phi) is 6.62. The minimum Gasteiger partial charge on any atom is -0.430 e. The molecule has 3 aromatic rings. The Balaban J connectivity index is 1.85. The molecule has 0 N–H and O–H groups in total. The van der Waals surface area contributed by atoms with Crippen molar-refractivity contribution in [2.75, 3.05) is 0 Å². The highest BCUT2D eigenvalue weighted by Crippen LogP contribution is 2.38. The van der Waals surface area contributed by atoms with Crippen molar-refractivity contribution in [2.45, 2.75) is 38.2 Å². The molecule has 0 saturated heterocycles. The zero-order valence-electron chi connectivity index (χ0n) is 16.6. The monoisotopic (exact) mass is 438 g/mol. The Morgan fingerprint density at radius 1 is 0.742 bits per heavy atom. The fraction of sp³-hybridized carbons (Fsp3) is 0.250. The van der Waals surface area contributed by atoms with Crippen LogP contribution in [0.1, 0.15) is 18.9 Å². The van der Waals surface area contributed by atoms with Gasteiger partial charge in [-0.1, -0.05) is 74.0 Å². The minimum atomic E-state index is -5.73. The van der Waals surface area contributed by atoms with E-state index in [4.69, 9.17) is 0 Å². The molecule has 3 aromatic carbocycles. The van der Waals surface area contributed by atoms with E-state index in [-0.39, 0.29) is 0 Å². The van der Waals surface area contributed by atoms with Crippen molar-refractivity contribution in [1.82, 2.24) is 0 Å². The maximum Gasteiger partial charge on any atom is 0.439 e. The predicted molar refractivity (Wildman–Crippen MR) is 108 cm³/mol. The first-order valence-corrected chi connectivity index (χ1v) is 9.68. The van der Waals surface area contributed by atoms with Crippen molar-refractivity contribution >= 4 is 0 Å². The summed E-state index contributed by atoms with van der Waals surface area (Å²) in [6.07, 6.45) is -13.2. The van der Waals surface area contributed by atoms with Crippen molar-refractivity contribution in [3.63, 3.8) is 0 Å². The summed E-state index contributed by atoms with van der Waals surface area (Å²) < 4.78 is 80.8. The van der Waals surface area contributed by atoms with Gasteiger partial charge in [0, 0.05) is 0 Å². The van der Waals surface area contributed by atoms with Crippen molar-refractivity contribution in [3.8, 4) is 28.0 Å². The summed E-state index contributed by atoms with van der Waals surface area (Å²) in [6.45, 7) is 2.10. The molecule has 1 atom stereocenters. The number of hydrogen-bond acceptors (Lipinski definition) is 1. The molecule has 0 saturated carbocycles. The van der Waals surface area contributed by atoms with Crippen molar-refractivity contribution in [2.24, 2.45) is 0 Å². The van der Waals surface area contributed by atoms with Gasteiger partial charge >= 0.3 is 12.3 Å². The van der Waals surface area contributed by atoms with Crippen LogP contribution in [0.5, 0.6) is 5.75 Å². The van der Waals surface area contributed by atoms with Gasteiger partial charge in [-0.05, 0) is 46.4 Å². The molecule has 7 heteroatoms. The van der Waals surface area contributed by atoms with Gasteiger partial charge in [-0.3, -0.25) is 0 Å². The Labute approximate surface area is 176 Å². The maximum atomic E-state index is 13.5. The SMILES string of the molecule is CCCc1ccc(-c2ccccc2-c2ccc(OC(F)(F)C(F)C(F)(F)F)cc2)cc1. The first-order chi connectivity index (χ1) is 14.6. The van der Waals surface area contributed by atoms with E-state index < -0.39 is 24.2 Å². The van der Waals surface area contributed by atoms with Gasteiger partial charge in [-0.15, -0.1) is 0 Å². The van der Waals surface area contributed by atoms with Crippen molar-refractivity contribution in [3.05, 3.63) is 78.4 Å². The second kappa shape index (κ2) is 9.04. The molecule has 1 nitrogen and oxygen atoms in total. The van der Waals surface area contributed by atoms with Crippen LogP contribution in [-0.2, 0) is 6.42 Å². The number of alkyl halides is 6. The molecule has 0 bridgehead atoms. The summed E-state index contributed by atoms with van der Waals surface area (Å²) in [5.74, 6) is -0.568. The van der Waals surface area contributed by atoms with Crippen LogP contribution in [0.2, 0.25) is 0 Å². The normalized spacial score (nSPS) is 13.1. The van der Waals surface area contributed by atoms with Crippen LogP contribution in [0.4, 0.5) is 26.3 Å². The molecule has 0 aliphatic rings. The quantitative estimate of drug-likeness (QED) is 0.341. The van der Waals surface area contributed by atoms with E-state index >= 15 is 0 Å². The zero-order chi connectivity index (χ0) is 22.6. The smallest absolute Gasteiger partial charge is 0.430 e. The molecule has 0 aromatic heterocycles. The van der Waals surface area contributed by atoms with Crippen LogP contribution < -0.4 is 4.74 Å². The van der Waals surface area contributed by atoms with Gasteiger partial charge in [0.2, 0.25) is 0 Å². The molecule has 0 heterocycles. The third-order valence-corrected chi connectivity index (χ3v) is 4.73. The molecule has 31 heavy (non-hydrogen) atoms. The van der Waals surface area contributed by atoms with Gasteiger partial charge in [0.15, 0.2) is 0 Å². The molecule has 0 radical (unpaired) electrons. The lowest BCUT2D eigenvalue weighted by atomic mass is 9.94. The van der Waals surface area contributed by atoms with E-state index in [1.807, 2.05) is 48.5 Å². The van der Waals surface area contributed by atoms with Gasteiger partial charge in [0.1, 0.15) is 5.75 Å². The molecular weight excluding hydrogens is 418 g/mol. The van der Waals surface area contributed by atoms with Gasteiger partial charge in [-0.25, -0.2) is 4.39 Å². The lowest BCUT2D eigenvalue weighted by Gasteiger charge is -2.23. The predicted octanol–water partition coefficient (Wildman–Crippen LogP) is 7.85. The van der Waals surface area contributed by atoms with E-state index in [0.29, 0.717) is 5.56 Å². The molecule has 0 amide bonds. The first-order valence-electron chi connectivity index (χ1n) is 9.68. The van der Waals surface area contributed by atoms with Crippen LogP contribution in [0.15, 0.2) is 72.8 Å². The van der Waals surface area contributed by atoms with Crippen molar-refractivity contribution < 1.29 is 31.1 Å². The molecule has 0 spiro atoms. The van der Waals surface area contributed by atoms with E-state index in [2.05, 4.69) is 11.7 Å². The molecule has 0 aliphatic carbocycles. The number of rotatable bonds is 7. The fourth-order valence-electron chi connectivity index (χ4n) is 3.23. The molecule has 164 valence electrons.